The summed E-state index contributed by atoms with van der Waals surface area (Å²) in [7, 11) is 0. The van der Waals surface area contributed by atoms with Gasteiger partial charge in [-0.15, -0.1) is 5.48 Å². The van der Waals surface area contributed by atoms with Crippen LogP contribution in [0.25, 0.3) is 0 Å². The SMILES string of the molecule is Cc1cc2c(cc1C)C(O)NO2. The van der Waals surface area contributed by atoms with Crippen LogP contribution in [0.3, 0.4) is 0 Å². The normalized spacial score (nSPS) is 20.4. The number of hydrogen-bond donors (Lipinski definition) is 2. The van der Waals surface area contributed by atoms with Crippen molar-refractivity contribution >= 4 is 0 Å². The lowest BCUT2D eigenvalue weighted by molar-refractivity contribution is 0.0529. The van der Waals surface area contributed by atoms with E-state index in [1.807, 2.05) is 26.0 Å². The van der Waals surface area contributed by atoms with E-state index in [4.69, 9.17) is 4.84 Å². The molecule has 2 rings (SSSR count). The Bertz CT molecular complexity index is 323. The maximum absolute atomic E-state index is 9.36. The smallest absolute Gasteiger partial charge is 0.166 e. The molecule has 0 amide bonds. The van der Waals surface area contributed by atoms with Gasteiger partial charge in [0.05, 0.1) is 0 Å². The number of benzene rings is 1. The standard InChI is InChI=1S/C9H11NO2/c1-5-3-7-8(4-6(5)2)12-10-9(7)11/h3-4,9-11H,1-2H3. The number of fused-ring (bicyclic) bond motifs is 1. The summed E-state index contributed by atoms with van der Waals surface area (Å²) >= 11 is 0. The van der Waals surface area contributed by atoms with Crippen molar-refractivity contribution < 1.29 is 9.94 Å². The first-order valence-corrected chi connectivity index (χ1v) is 3.90. The predicted molar refractivity (Wildman–Crippen MR) is 44.6 cm³/mol. The van der Waals surface area contributed by atoms with Gasteiger partial charge in [0.25, 0.3) is 0 Å². The van der Waals surface area contributed by atoms with E-state index in [0.717, 1.165) is 11.3 Å². The second-order valence-electron chi connectivity index (χ2n) is 3.10. The van der Waals surface area contributed by atoms with Gasteiger partial charge in [0.15, 0.2) is 12.0 Å². The lowest BCUT2D eigenvalue weighted by Crippen LogP contribution is -2.15. The zero-order chi connectivity index (χ0) is 8.72. The van der Waals surface area contributed by atoms with Gasteiger partial charge in [-0.3, -0.25) is 0 Å². The molecule has 0 spiro atoms. The van der Waals surface area contributed by atoms with Gasteiger partial charge >= 0.3 is 0 Å². The predicted octanol–water partition coefficient (Wildman–Crippen LogP) is 1.19. The minimum absolute atomic E-state index is 0.681. The number of aliphatic hydroxyl groups is 1. The number of rotatable bonds is 0. The van der Waals surface area contributed by atoms with Crippen LogP contribution in [-0.4, -0.2) is 5.11 Å². The molecule has 0 aromatic heterocycles. The van der Waals surface area contributed by atoms with Crippen LogP contribution in [0, 0.1) is 13.8 Å². The molecule has 0 saturated carbocycles. The number of hydroxylamine groups is 1. The van der Waals surface area contributed by atoms with Crippen LogP contribution in [0.4, 0.5) is 0 Å². The minimum atomic E-state index is -0.681. The first-order valence-electron chi connectivity index (χ1n) is 3.90. The maximum atomic E-state index is 9.36. The zero-order valence-electron chi connectivity index (χ0n) is 7.09. The summed E-state index contributed by atoms with van der Waals surface area (Å²) in [5.41, 5.74) is 5.65. The van der Waals surface area contributed by atoms with Crippen LogP contribution in [0.15, 0.2) is 12.1 Å². The summed E-state index contributed by atoms with van der Waals surface area (Å²) in [6, 6.07) is 3.86. The molecule has 1 heterocycles. The van der Waals surface area contributed by atoms with Gasteiger partial charge in [0, 0.05) is 5.56 Å². The quantitative estimate of drug-likeness (QED) is 0.606. The fraction of sp³-hybridized carbons (Fsp3) is 0.333. The minimum Gasteiger partial charge on any atom is -0.405 e. The van der Waals surface area contributed by atoms with Gasteiger partial charge in [-0.2, -0.15) is 0 Å². The monoisotopic (exact) mass is 165 g/mol. The van der Waals surface area contributed by atoms with Gasteiger partial charge in [-0.05, 0) is 37.1 Å². The van der Waals surface area contributed by atoms with E-state index >= 15 is 0 Å². The van der Waals surface area contributed by atoms with Crippen LogP contribution >= 0.6 is 0 Å². The Labute approximate surface area is 70.9 Å². The lowest BCUT2D eigenvalue weighted by Gasteiger charge is -2.02. The number of hydrogen-bond acceptors (Lipinski definition) is 3. The number of aliphatic hydroxyl groups excluding tert-OH is 1. The zero-order valence-corrected chi connectivity index (χ0v) is 7.09. The molecule has 0 aliphatic carbocycles. The molecule has 1 aliphatic rings. The molecule has 0 radical (unpaired) electrons. The highest BCUT2D eigenvalue weighted by molar-refractivity contribution is 5.44. The summed E-state index contributed by atoms with van der Waals surface area (Å²) in [6.45, 7) is 4.03. The molecule has 64 valence electrons. The first-order chi connectivity index (χ1) is 5.68. The molecule has 0 saturated heterocycles. The molecule has 12 heavy (non-hydrogen) atoms. The van der Waals surface area contributed by atoms with Gasteiger partial charge in [-0.1, -0.05) is 0 Å². The second kappa shape index (κ2) is 2.47. The topological polar surface area (TPSA) is 41.5 Å². The molecule has 1 atom stereocenters. The van der Waals surface area contributed by atoms with E-state index in [0.29, 0.717) is 0 Å². The third-order valence-corrected chi connectivity index (χ3v) is 2.20. The van der Waals surface area contributed by atoms with E-state index in [9.17, 15) is 5.11 Å². The van der Waals surface area contributed by atoms with Gasteiger partial charge < -0.3 is 9.94 Å². The Balaban J connectivity index is 2.56. The van der Waals surface area contributed by atoms with Crippen LogP contribution in [0.2, 0.25) is 0 Å². The largest absolute Gasteiger partial charge is 0.405 e. The highest BCUT2D eigenvalue weighted by Gasteiger charge is 2.21. The number of aryl methyl sites for hydroxylation is 2. The molecule has 0 bridgehead atoms. The fourth-order valence-electron chi connectivity index (χ4n) is 1.30. The summed E-state index contributed by atoms with van der Waals surface area (Å²) in [5, 5.41) is 9.36. The Morgan fingerprint density at radius 3 is 2.75 bits per heavy atom. The van der Waals surface area contributed by atoms with Crippen molar-refractivity contribution in [1.29, 1.82) is 0 Å². The molecule has 3 nitrogen and oxygen atoms in total. The average Bonchev–Trinajstić information content (AvgIpc) is 2.35. The summed E-state index contributed by atoms with van der Waals surface area (Å²) in [6.07, 6.45) is -0.681. The van der Waals surface area contributed by atoms with Gasteiger partial charge in [0.1, 0.15) is 0 Å². The highest BCUT2D eigenvalue weighted by atomic mass is 16.7. The van der Waals surface area contributed by atoms with Gasteiger partial charge in [-0.25, -0.2) is 0 Å². The Morgan fingerprint density at radius 2 is 2.00 bits per heavy atom. The molecule has 2 N–H and O–H groups in total. The van der Waals surface area contributed by atoms with Crippen molar-refractivity contribution in [3.8, 4) is 5.75 Å². The first kappa shape index (κ1) is 7.58. The van der Waals surface area contributed by atoms with E-state index in [1.165, 1.54) is 11.1 Å². The molecule has 1 aromatic carbocycles. The summed E-state index contributed by atoms with van der Waals surface area (Å²) < 4.78 is 0. The van der Waals surface area contributed by atoms with Crippen LogP contribution < -0.4 is 10.3 Å². The van der Waals surface area contributed by atoms with Crippen LogP contribution in [0.1, 0.15) is 22.9 Å². The summed E-state index contributed by atoms with van der Waals surface area (Å²) in [4.78, 5) is 5.05. The molecule has 1 aromatic rings. The van der Waals surface area contributed by atoms with Gasteiger partial charge in [0.2, 0.25) is 0 Å². The average molecular weight is 165 g/mol. The van der Waals surface area contributed by atoms with Crippen LogP contribution in [0.5, 0.6) is 5.75 Å². The molecule has 1 aliphatic heterocycles. The Kier molecular flexibility index (Phi) is 1.56. The Hall–Kier alpha value is -1.06. The van der Waals surface area contributed by atoms with Crippen molar-refractivity contribution in [1.82, 2.24) is 5.48 Å². The molecule has 1 unspecified atom stereocenters. The van der Waals surface area contributed by atoms with Crippen molar-refractivity contribution in [2.75, 3.05) is 0 Å². The maximum Gasteiger partial charge on any atom is 0.166 e. The third-order valence-electron chi connectivity index (χ3n) is 2.20. The van der Waals surface area contributed by atoms with E-state index in [-0.39, 0.29) is 0 Å². The molecule has 3 heteroatoms. The highest BCUT2D eigenvalue weighted by Crippen LogP contribution is 2.31. The van der Waals surface area contributed by atoms with E-state index in [1.54, 1.807) is 0 Å². The van der Waals surface area contributed by atoms with Crippen molar-refractivity contribution in [3.05, 3.63) is 28.8 Å². The van der Waals surface area contributed by atoms with Crippen LogP contribution in [-0.2, 0) is 0 Å². The molecule has 0 fully saturated rings. The Morgan fingerprint density at radius 1 is 1.33 bits per heavy atom. The summed E-state index contributed by atoms with van der Waals surface area (Å²) in [5.74, 6) is 0.727. The molecular formula is C9H11NO2. The fourth-order valence-corrected chi connectivity index (χ4v) is 1.30. The van der Waals surface area contributed by atoms with Crippen molar-refractivity contribution in [2.24, 2.45) is 0 Å². The third kappa shape index (κ3) is 0.983. The van der Waals surface area contributed by atoms with Crippen molar-refractivity contribution in [3.63, 3.8) is 0 Å². The molecular weight excluding hydrogens is 154 g/mol. The lowest BCUT2D eigenvalue weighted by atomic mass is 10.1. The van der Waals surface area contributed by atoms with E-state index in [2.05, 4.69) is 5.48 Å². The second-order valence-corrected chi connectivity index (χ2v) is 3.10. The van der Waals surface area contributed by atoms with Crippen molar-refractivity contribution in [2.45, 2.75) is 20.1 Å². The van der Waals surface area contributed by atoms with E-state index < -0.39 is 6.23 Å². The number of nitrogens with one attached hydrogen (secondary N) is 1.